The minimum atomic E-state index is 0.301. The van der Waals surface area contributed by atoms with Crippen LogP contribution >= 0.6 is 0 Å². The molecule has 0 bridgehead atoms. The van der Waals surface area contributed by atoms with Crippen molar-refractivity contribution < 1.29 is 9.84 Å². The van der Waals surface area contributed by atoms with Gasteiger partial charge in [0.25, 0.3) is 0 Å². The summed E-state index contributed by atoms with van der Waals surface area (Å²) in [5, 5.41) is 20.4. The fraction of sp³-hybridized carbons (Fsp3) is 0.538. The molecule has 0 saturated heterocycles. The lowest BCUT2D eigenvalue weighted by atomic mass is 9.99. The molecule has 0 aliphatic heterocycles. The molecule has 0 aliphatic carbocycles. The van der Waals surface area contributed by atoms with Crippen LogP contribution in [0.1, 0.15) is 83.3 Å². The molecule has 0 amide bonds. The van der Waals surface area contributed by atoms with Crippen LogP contribution in [0.4, 0.5) is 0 Å². The van der Waals surface area contributed by atoms with Crippen LogP contribution in [0.25, 0.3) is 16.7 Å². The van der Waals surface area contributed by atoms with Gasteiger partial charge in [0.2, 0.25) is 0 Å². The quantitative estimate of drug-likeness (QED) is 0.308. The number of nitrogens with zero attached hydrogens (tertiary/aromatic N) is 3. The summed E-state index contributed by atoms with van der Waals surface area (Å²) in [7, 11) is 0. The first-order valence-corrected chi connectivity index (χ1v) is 12.0. The van der Waals surface area contributed by atoms with Gasteiger partial charge in [-0.25, -0.2) is 0 Å². The number of aryl methyl sites for hydroxylation is 2. The number of unbranched alkanes of at least 4 members (excludes halogenated alkanes) is 5. The van der Waals surface area contributed by atoms with Crippen molar-refractivity contribution >= 4 is 11.0 Å². The Kier molecular flexibility index (Phi) is 8.74. The maximum absolute atomic E-state index is 11.0. The largest absolute Gasteiger partial charge is 0.505 e. The van der Waals surface area contributed by atoms with Gasteiger partial charge in [-0.3, -0.25) is 0 Å². The van der Waals surface area contributed by atoms with Crippen LogP contribution in [0, 0.1) is 0 Å². The summed E-state index contributed by atoms with van der Waals surface area (Å²) in [5.41, 5.74) is 4.49. The zero-order valence-electron chi connectivity index (χ0n) is 19.4. The number of ether oxygens (including phenoxy) is 1. The van der Waals surface area contributed by atoms with Gasteiger partial charge in [-0.15, -0.1) is 15.0 Å². The summed E-state index contributed by atoms with van der Waals surface area (Å²) < 4.78 is 5.81. The van der Waals surface area contributed by atoms with E-state index in [0.717, 1.165) is 60.9 Å². The Morgan fingerprint density at radius 3 is 2.26 bits per heavy atom. The van der Waals surface area contributed by atoms with E-state index in [1.807, 2.05) is 24.3 Å². The second-order valence-corrected chi connectivity index (χ2v) is 8.38. The van der Waals surface area contributed by atoms with Crippen molar-refractivity contribution in [1.82, 2.24) is 15.0 Å². The molecule has 0 saturated carbocycles. The van der Waals surface area contributed by atoms with E-state index in [0.29, 0.717) is 18.0 Å². The number of fused-ring (bicyclic) bond motifs is 1. The maximum Gasteiger partial charge on any atom is 0.146 e. The number of hydrogen-bond acceptors (Lipinski definition) is 4. The topological polar surface area (TPSA) is 60.2 Å². The van der Waals surface area contributed by atoms with E-state index in [1.54, 1.807) is 4.80 Å². The van der Waals surface area contributed by atoms with Gasteiger partial charge in [-0.05, 0) is 61.4 Å². The smallest absolute Gasteiger partial charge is 0.146 e. The highest BCUT2D eigenvalue weighted by molar-refractivity contribution is 5.76. The van der Waals surface area contributed by atoms with Crippen molar-refractivity contribution in [1.29, 1.82) is 0 Å². The molecule has 0 radical (unpaired) electrons. The van der Waals surface area contributed by atoms with E-state index in [1.165, 1.54) is 31.2 Å². The highest BCUT2D eigenvalue weighted by atomic mass is 16.5. The average Bonchev–Trinajstić information content (AvgIpc) is 3.19. The van der Waals surface area contributed by atoms with Crippen LogP contribution in [0.2, 0.25) is 0 Å². The second-order valence-electron chi connectivity index (χ2n) is 8.38. The molecule has 1 heterocycles. The summed E-state index contributed by atoms with van der Waals surface area (Å²) in [6.45, 7) is 7.28. The van der Waals surface area contributed by atoms with Gasteiger partial charge in [0.1, 0.15) is 28.2 Å². The summed E-state index contributed by atoms with van der Waals surface area (Å²) in [4.78, 5) is 1.59. The van der Waals surface area contributed by atoms with E-state index in [4.69, 9.17) is 4.74 Å². The van der Waals surface area contributed by atoms with E-state index < -0.39 is 0 Å². The van der Waals surface area contributed by atoms with Gasteiger partial charge < -0.3 is 9.84 Å². The fourth-order valence-corrected chi connectivity index (χ4v) is 3.80. The van der Waals surface area contributed by atoms with E-state index >= 15 is 0 Å². The van der Waals surface area contributed by atoms with Crippen molar-refractivity contribution in [2.45, 2.75) is 85.0 Å². The first-order valence-electron chi connectivity index (χ1n) is 12.0. The molecule has 0 atom stereocenters. The molecule has 2 aromatic carbocycles. The molecule has 0 fully saturated rings. The van der Waals surface area contributed by atoms with Crippen LogP contribution in [0.15, 0.2) is 30.3 Å². The fourth-order valence-electron chi connectivity index (χ4n) is 3.80. The molecule has 168 valence electrons. The van der Waals surface area contributed by atoms with Gasteiger partial charge in [-0.2, -0.15) is 0 Å². The van der Waals surface area contributed by atoms with Crippen molar-refractivity contribution in [2.75, 3.05) is 6.61 Å². The molecule has 0 spiro atoms. The molecule has 31 heavy (non-hydrogen) atoms. The lowest BCUT2D eigenvalue weighted by Crippen LogP contribution is -2.03. The van der Waals surface area contributed by atoms with E-state index in [9.17, 15) is 5.11 Å². The zero-order chi connectivity index (χ0) is 22.1. The van der Waals surface area contributed by atoms with Crippen LogP contribution in [-0.4, -0.2) is 26.7 Å². The third kappa shape index (κ3) is 6.22. The van der Waals surface area contributed by atoms with Gasteiger partial charge in [0.05, 0.1) is 6.61 Å². The van der Waals surface area contributed by atoms with Crippen LogP contribution < -0.4 is 4.74 Å². The average molecular weight is 424 g/mol. The third-order valence-corrected chi connectivity index (χ3v) is 5.68. The number of aromatic nitrogens is 3. The number of rotatable bonds is 13. The molecular weight excluding hydrogens is 386 g/mol. The zero-order valence-corrected chi connectivity index (χ0v) is 19.4. The Bertz CT molecular complexity index is 965. The third-order valence-electron chi connectivity index (χ3n) is 5.68. The molecule has 1 N–H and O–H groups in total. The van der Waals surface area contributed by atoms with Gasteiger partial charge in [0.15, 0.2) is 0 Å². The van der Waals surface area contributed by atoms with E-state index in [-0.39, 0.29) is 0 Å². The Labute approximate surface area is 186 Å². The van der Waals surface area contributed by atoms with Gasteiger partial charge >= 0.3 is 0 Å². The molecule has 3 rings (SSSR count). The highest BCUT2D eigenvalue weighted by Crippen LogP contribution is 2.30. The molecular formula is C26H37N3O2. The number of aromatic hydroxyl groups is 1. The molecule has 0 unspecified atom stereocenters. The number of phenols is 1. The summed E-state index contributed by atoms with van der Waals surface area (Å²) in [6, 6.07) is 10.0. The van der Waals surface area contributed by atoms with Crippen molar-refractivity contribution in [3.05, 3.63) is 41.5 Å². The summed E-state index contributed by atoms with van der Waals surface area (Å²) in [6.07, 6.45) is 11.0. The maximum atomic E-state index is 11.0. The Morgan fingerprint density at radius 2 is 1.52 bits per heavy atom. The second kappa shape index (κ2) is 11.7. The standard InChI is InChI=1S/C26H37N3O2/c1-4-7-10-12-20-17-21(13-11-8-5-2)26(30)25(18-20)29-27-23-15-14-22(19-24(23)28-29)31-16-9-6-3/h14-15,17-19,30H,4-13,16H2,1-3H3. The molecule has 1 aromatic heterocycles. The predicted molar refractivity (Wildman–Crippen MR) is 127 cm³/mol. The van der Waals surface area contributed by atoms with E-state index in [2.05, 4.69) is 37.0 Å². The molecule has 5 heteroatoms. The van der Waals surface area contributed by atoms with Crippen LogP contribution in [0.5, 0.6) is 11.5 Å². The summed E-state index contributed by atoms with van der Waals surface area (Å²) >= 11 is 0. The lowest BCUT2D eigenvalue weighted by molar-refractivity contribution is 0.310. The van der Waals surface area contributed by atoms with Crippen LogP contribution in [0.3, 0.4) is 0 Å². The van der Waals surface area contributed by atoms with Gasteiger partial charge in [0, 0.05) is 6.07 Å². The summed E-state index contributed by atoms with van der Waals surface area (Å²) in [5.74, 6) is 1.11. The van der Waals surface area contributed by atoms with Crippen LogP contribution in [-0.2, 0) is 12.8 Å². The Morgan fingerprint density at radius 1 is 0.806 bits per heavy atom. The Hall–Kier alpha value is -2.56. The first kappa shape index (κ1) is 23.1. The molecule has 5 nitrogen and oxygen atoms in total. The number of benzene rings is 2. The molecule has 0 aliphatic rings. The number of hydrogen-bond donors (Lipinski definition) is 1. The molecule has 3 aromatic rings. The normalized spacial score (nSPS) is 11.3. The monoisotopic (exact) mass is 423 g/mol. The number of phenolic OH excluding ortho intramolecular Hbond substituents is 1. The van der Waals surface area contributed by atoms with Crippen molar-refractivity contribution in [2.24, 2.45) is 0 Å². The van der Waals surface area contributed by atoms with Crippen molar-refractivity contribution in [3.8, 4) is 17.2 Å². The highest BCUT2D eigenvalue weighted by Gasteiger charge is 2.15. The lowest BCUT2D eigenvalue weighted by Gasteiger charge is -2.12. The predicted octanol–water partition coefficient (Wildman–Crippen LogP) is 6.77. The van der Waals surface area contributed by atoms with Crippen molar-refractivity contribution in [3.63, 3.8) is 0 Å². The first-order chi connectivity index (χ1) is 15.2. The SMILES string of the molecule is CCCCCc1cc(CCCCC)c(O)c(-n2nc3ccc(OCCCC)cc3n2)c1. The Balaban J connectivity index is 1.91. The minimum Gasteiger partial charge on any atom is -0.505 e. The minimum absolute atomic E-state index is 0.301. The van der Waals surface area contributed by atoms with Gasteiger partial charge in [-0.1, -0.05) is 58.9 Å².